The molecular weight excluding hydrogens is 240 g/mol. The van der Waals surface area contributed by atoms with Crippen LogP contribution >= 0.6 is 0 Å². The van der Waals surface area contributed by atoms with Crippen molar-refractivity contribution < 1.29 is 9.53 Å². The number of para-hydroxylation sites is 1. The molecule has 0 heterocycles. The van der Waals surface area contributed by atoms with E-state index in [1.807, 2.05) is 31.2 Å². The number of nitrogens with one attached hydrogen (secondary N) is 1. The zero-order valence-electron chi connectivity index (χ0n) is 12.1. The fraction of sp³-hybridized carbons (Fsp3) is 0.533. The van der Waals surface area contributed by atoms with Crippen LogP contribution in [-0.2, 0) is 4.79 Å². The Morgan fingerprint density at radius 3 is 2.53 bits per heavy atom. The van der Waals surface area contributed by atoms with E-state index >= 15 is 0 Å². The second-order valence-electron chi connectivity index (χ2n) is 5.21. The monoisotopic (exact) mass is 264 g/mol. The number of ether oxygens (including phenoxy) is 1. The van der Waals surface area contributed by atoms with Gasteiger partial charge in [-0.1, -0.05) is 32.0 Å². The topological polar surface area (TPSA) is 64.3 Å². The summed E-state index contributed by atoms with van der Waals surface area (Å²) in [5.41, 5.74) is 6.83. The molecule has 0 saturated heterocycles. The highest BCUT2D eigenvalue weighted by molar-refractivity contribution is 5.81. The van der Waals surface area contributed by atoms with Crippen LogP contribution in [0, 0.1) is 5.92 Å². The van der Waals surface area contributed by atoms with Crippen LogP contribution in [0.2, 0.25) is 0 Å². The number of carbonyl (C=O) groups excluding carboxylic acids is 1. The molecule has 0 saturated carbocycles. The van der Waals surface area contributed by atoms with Crippen molar-refractivity contribution in [1.82, 2.24) is 5.32 Å². The minimum absolute atomic E-state index is 0.118. The number of hydrogen-bond acceptors (Lipinski definition) is 3. The van der Waals surface area contributed by atoms with Crippen molar-refractivity contribution >= 4 is 5.91 Å². The van der Waals surface area contributed by atoms with Gasteiger partial charge in [0.05, 0.1) is 19.2 Å². The van der Waals surface area contributed by atoms with Gasteiger partial charge in [-0.05, 0) is 25.3 Å². The third kappa shape index (κ3) is 4.56. The summed E-state index contributed by atoms with van der Waals surface area (Å²) in [6.07, 6.45) is 0.685. The summed E-state index contributed by atoms with van der Waals surface area (Å²) in [5.74, 6) is 1.06. The lowest BCUT2D eigenvalue weighted by atomic mass is 10.0. The fourth-order valence-corrected chi connectivity index (χ4v) is 2.04. The van der Waals surface area contributed by atoms with Gasteiger partial charge in [0.25, 0.3) is 0 Å². The summed E-state index contributed by atoms with van der Waals surface area (Å²) < 4.78 is 5.29. The highest BCUT2D eigenvalue weighted by Crippen LogP contribution is 2.24. The molecule has 0 aromatic heterocycles. The van der Waals surface area contributed by atoms with Gasteiger partial charge < -0.3 is 15.8 Å². The maximum Gasteiger partial charge on any atom is 0.237 e. The number of benzene rings is 1. The first kappa shape index (κ1) is 15.5. The van der Waals surface area contributed by atoms with E-state index < -0.39 is 6.04 Å². The lowest BCUT2D eigenvalue weighted by Gasteiger charge is -2.20. The predicted octanol–water partition coefficient (Wildman–Crippen LogP) is 2.25. The van der Waals surface area contributed by atoms with Crippen LogP contribution in [0.15, 0.2) is 24.3 Å². The smallest absolute Gasteiger partial charge is 0.237 e. The van der Waals surface area contributed by atoms with Gasteiger partial charge in [-0.15, -0.1) is 0 Å². The molecule has 1 aromatic rings. The van der Waals surface area contributed by atoms with Crippen LogP contribution in [0.4, 0.5) is 0 Å². The lowest BCUT2D eigenvalue weighted by molar-refractivity contribution is -0.123. The van der Waals surface area contributed by atoms with Crippen LogP contribution in [0.25, 0.3) is 0 Å². The van der Waals surface area contributed by atoms with Crippen LogP contribution in [0.5, 0.6) is 5.75 Å². The van der Waals surface area contributed by atoms with Crippen LogP contribution in [-0.4, -0.2) is 19.1 Å². The van der Waals surface area contributed by atoms with E-state index in [0.717, 1.165) is 11.3 Å². The quantitative estimate of drug-likeness (QED) is 0.828. The Labute approximate surface area is 115 Å². The molecule has 0 aliphatic heterocycles. The Bertz CT molecular complexity index is 418. The molecule has 0 spiro atoms. The summed E-state index contributed by atoms with van der Waals surface area (Å²) in [4.78, 5) is 12.0. The van der Waals surface area contributed by atoms with E-state index in [1.54, 1.807) is 7.11 Å². The summed E-state index contributed by atoms with van der Waals surface area (Å²) in [6.45, 7) is 6.03. The van der Waals surface area contributed by atoms with E-state index in [0.29, 0.717) is 12.3 Å². The summed E-state index contributed by atoms with van der Waals surface area (Å²) in [5, 5.41) is 2.93. The normalized spacial score (nSPS) is 14.0. The number of nitrogens with two attached hydrogens (primary N) is 1. The van der Waals surface area contributed by atoms with E-state index in [9.17, 15) is 4.79 Å². The number of methoxy groups -OCH3 is 1. The van der Waals surface area contributed by atoms with Crippen molar-refractivity contribution in [3.05, 3.63) is 29.8 Å². The second-order valence-corrected chi connectivity index (χ2v) is 5.21. The Morgan fingerprint density at radius 1 is 1.32 bits per heavy atom. The molecule has 1 unspecified atom stereocenters. The van der Waals surface area contributed by atoms with Gasteiger partial charge in [0.2, 0.25) is 5.91 Å². The SMILES string of the molecule is COc1ccccc1[C@@H](C)NC(=O)C(N)CC(C)C. The molecule has 0 fully saturated rings. The minimum atomic E-state index is -0.461. The first-order chi connectivity index (χ1) is 8.95. The van der Waals surface area contributed by atoms with Gasteiger partial charge >= 0.3 is 0 Å². The van der Waals surface area contributed by atoms with Gasteiger partial charge in [0, 0.05) is 5.56 Å². The molecule has 106 valence electrons. The van der Waals surface area contributed by atoms with Crippen molar-refractivity contribution in [3.8, 4) is 5.75 Å². The molecule has 3 N–H and O–H groups in total. The highest BCUT2D eigenvalue weighted by atomic mass is 16.5. The molecule has 1 amide bonds. The third-order valence-electron chi connectivity index (χ3n) is 3.03. The Balaban J connectivity index is 2.68. The second kappa shape index (κ2) is 7.14. The van der Waals surface area contributed by atoms with Crippen LogP contribution in [0.3, 0.4) is 0 Å². The van der Waals surface area contributed by atoms with Crippen LogP contribution in [0.1, 0.15) is 38.8 Å². The average molecular weight is 264 g/mol. The molecule has 0 radical (unpaired) electrons. The van der Waals surface area contributed by atoms with Crippen LogP contribution < -0.4 is 15.8 Å². The number of amides is 1. The molecule has 2 atom stereocenters. The molecule has 1 rings (SSSR count). The Morgan fingerprint density at radius 2 is 1.95 bits per heavy atom. The average Bonchev–Trinajstić information content (AvgIpc) is 2.37. The molecular formula is C15H24N2O2. The predicted molar refractivity (Wildman–Crippen MR) is 77.0 cm³/mol. The summed E-state index contributed by atoms with van der Waals surface area (Å²) in [7, 11) is 1.62. The maximum absolute atomic E-state index is 12.0. The van der Waals surface area contributed by atoms with E-state index in [-0.39, 0.29) is 11.9 Å². The van der Waals surface area contributed by atoms with Crippen molar-refractivity contribution in [1.29, 1.82) is 0 Å². The zero-order valence-corrected chi connectivity index (χ0v) is 12.1. The first-order valence-corrected chi connectivity index (χ1v) is 6.64. The minimum Gasteiger partial charge on any atom is -0.496 e. The van der Waals surface area contributed by atoms with Crippen molar-refractivity contribution in [2.75, 3.05) is 7.11 Å². The van der Waals surface area contributed by atoms with Crippen molar-refractivity contribution in [2.24, 2.45) is 11.7 Å². The van der Waals surface area contributed by atoms with Gasteiger partial charge in [0.1, 0.15) is 5.75 Å². The first-order valence-electron chi connectivity index (χ1n) is 6.64. The summed E-state index contributed by atoms with van der Waals surface area (Å²) >= 11 is 0. The highest BCUT2D eigenvalue weighted by Gasteiger charge is 2.19. The van der Waals surface area contributed by atoms with E-state index in [2.05, 4.69) is 19.2 Å². The number of rotatable bonds is 6. The Hall–Kier alpha value is -1.55. The molecule has 0 bridgehead atoms. The standard InChI is InChI=1S/C15H24N2O2/c1-10(2)9-13(16)15(18)17-11(3)12-7-5-6-8-14(12)19-4/h5-8,10-11,13H,9,16H2,1-4H3,(H,17,18)/t11-,13?/m1/s1. The fourth-order valence-electron chi connectivity index (χ4n) is 2.04. The van der Waals surface area contributed by atoms with E-state index in [1.165, 1.54) is 0 Å². The van der Waals surface area contributed by atoms with Crippen molar-refractivity contribution in [2.45, 2.75) is 39.3 Å². The zero-order chi connectivity index (χ0) is 14.4. The number of hydrogen-bond donors (Lipinski definition) is 2. The molecule has 1 aromatic carbocycles. The molecule has 0 aliphatic carbocycles. The lowest BCUT2D eigenvalue weighted by Crippen LogP contribution is -2.42. The van der Waals surface area contributed by atoms with Gasteiger partial charge in [0.15, 0.2) is 0 Å². The molecule has 0 aliphatic rings. The molecule has 19 heavy (non-hydrogen) atoms. The molecule has 4 heteroatoms. The van der Waals surface area contributed by atoms with Gasteiger partial charge in [-0.3, -0.25) is 4.79 Å². The van der Waals surface area contributed by atoms with Gasteiger partial charge in [-0.25, -0.2) is 0 Å². The third-order valence-corrected chi connectivity index (χ3v) is 3.03. The largest absolute Gasteiger partial charge is 0.496 e. The number of carbonyl (C=O) groups is 1. The maximum atomic E-state index is 12.0. The van der Waals surface area contributed by atoms with E-state index in [4.69, 9.17) is 10.5 Å². The van der Waals surface area contributed by atoms with Gasteiger partial charge in [-0.2, -0.15) is 0 Å². The Kier molecular flexibility index (Phi) is 5.83. The van der Waals surface area contributed by atoms with Crippen molar-refractivity contribution in [3.63, 3.8) is 0 Å². The summed E-state index contributed by atoms with van der Waals surface area (Å²) in [6, 6.07) is 7.07. The molecule has 4 nitrogen and oxygen atoms in total.